The van der Waals surface area contributed by atoms with E-state index in [1.807, 2.05) is 30.3 Å². The van der Waals surface area contributed by atoms with Gasteiger partial charge in [-0.1, -0.05) is 35.5 Å². The second-order valence-corrected chi connectivity index (χ2v) is 2.40. The lowest BCUT2D eigenvalue weighted by Crippen LogP contribution is -2.01. The van der Waals surface area contributed by atoms with Crippen LogP contribution in [-0.4, -0.2) is 11.7 Å². The van der Waals surface area contributed by atoms with Gasteiger partial charge in [-0.2, -0.15) is 0 Å². The third-order valence-electron chi connectivity index (χ3n) is 1.56. The van der Waals surface area contributed by atoms with Crippen molar-refractivity contribution in [3.63, 3.8) is 0 Å². The van der Waals surface area contributed by atoms with Gasteiger partial charge in [-0.05, 0) is 0 Å². The lowest BCUT2D eigenvalue weighted by atomic mass is 10.1. The summed E-state index contributed by atoms with van der Waals surface area (Å²) in [4.78, 5) is 15.0. The number of oxime groups is 1. The fourth-order valence-electron chi connectivity index (χ4n) is 1.00. The van der Waals surface area contributed by atoms with E-state index < -0.39 is 5.97 Å². The molecule has 2 rings (SSSR count). The van der Waals surface area contributed by atoms with Gasteiger partial charge >= 0.3 is 5.97 Å². The Morgan fingerprint density at radius 1 is 1.17 bits per heavy atom. The molecule has 12 heavy (non-hydrogen) atoms. The van der Waals surface area contributed by atoms with Crippen molar-refractivity contribution < 1.29 is 9.63 Å². The van der Waals surface area contributed by atoms with Crippen molar-refractivity contribution in [2.24, 2.45) is 5.16 Å². The second-order valence-electron chi connectivity index (χ2n) is 2.40. The number of nitrogens with zero attached hydrogens (tertiary/aromatic N) is 1. The van der Waals surface area contributed by atoms with Gasteiger partial charge in [0, 0.05) is 5.56 Å². The van der Waals surface area contributed by atoms with Gasteiger partial charge in [0.25, 0.3) is 0 Å². The molecule has 0 fully saturated rings. The molecule has 3 nitrogen and oxygen atoms in total. The van der Waals surface area contributed by atoms with Crippen LogP contribution in [0.15, 0.2) is 35.5 Å². The molecule has 0 spiro atoms. The molecule has 0 aromatic heterocycles. The average molecular weight is 160 g/mol. The molecule has 0 bridgehead atoms. The maximum Gasteiger partial charge on any atom is 0.345 e. The summed E-state index contributed by atoms with van der Waals surface area (Å²) in [5, 5.41) is 3.60. The van der Waals surface area contributed by atoms with Crippen molar-refractivity contribution in [3.8, 4) is 0 Å². The lowest BCUT2D eigenvalue weighted by molar-refractivity contribution is -0.137. The maximum absolute atomic E-state index is 10.6. The van der Waals surface area contributed by atoms with Crippen molar-refractivity contribution in [2.45, 2.75) is 0 Å². The predicted octanol–water partition coefficient (Wildman–Crippen LogP) is 1.15. The fraction of sp³-hybridized carbons (Fsp3) is 0. The Kier molecular flexibility index (Phi) is 1.63. The van der Waals surface area contributed by atoms with E-state index in [0.29, 0.717) is 5.71 Å². The molecule has 0 N–H and O–H groups in total. The van der Waals surface area contributed by atoms with Gasteiger partial charge in [0.2, 0.25) is 0 Å². The molecule has 3 heteroatoms. The van der Waals surface area contributed by atoms with Crippen LogP contribution < -0.4 is 0 Å². The van der Waals surface area contributed by atoms with Crippen LogP contribution in [0.4, 0.5) is 0 Å². The highest BCUT2D eigenvalue weighted by molar-refractivity contribution is 6.20. The number of carbonyl (C=O) groups is 1. The standard InChI is InChI=1S/C9H6NO2/c11-9-6-8(10-12-9)7-4-2-1-3-5-7/h1-6H. The molecular weight excluding hydrogens is 154 g/mol. The number of hydrogen-bond donors (Lipinski definition) is 0. The maximum atomic E-state index is 10.6. The van der Waals surface area contributed by atoms with Crippen molar-refractivity contribution in [1.29, 1.82) is 0 Å². The van der Waals surface area contributed by atoms with Crippen LogP contribution in [0.25, 0.3) is 0 Å². The Morgan fingerprint density at radius 2 is 1.92 bits per heavy atom. The zero-order chi connectivity index (χ0) is 8.39. The van der Waals surface area contributed by atoms with Crippen molar-refractivity contribution in [1.82, 2.24) is 0 Å². The van der Waals surface area contributed by atoms with Crippen molar-refractivity contribution in [3.05, 3.63) is 42.3 Å². The molecule has 1 aromatic rings. The van der Waals surface area contributed by atoms with Crippen LogP contribution in [0.2, 0.25) is 0 Å². The van der Waals surface area contributed by atoms with Crippen LogP contribution in [0.3, 0.4) is 0 Å². The van der Waals surface area contributed by atoms with E-state index >= 15 is 0 Å². The molecule has 0 saturated carbocycles. The number of hydrogen-bond acceptors (Lipinski definition) is 3. The van der Waals surface area contributed by atoms with E-state index in [-0.39, 0.29) is 0 Å². The van der Waals surface area contributed by atoms with Gasteiger partial charge in [0.05, 0.1) is 0 Å². The zero-order valence-corrected chi connectivity index (χ0v) is 6.23. The first-order chi connectivity index (χ1) is 5.86. The van der Waals surface area contributed by atoms with Gasteiger partial charge in [-0.3, -0.25) is 0 Å². The van der Waals surface area contributed by atoms with Crippen LogP contribution in [0.5, 0.6) is 0 Å². The summed E-state index contributed by atoms with van der Waals surface area (Å²) in [6.45, 7) is 0. The van der Waals surface area contributed by atoms with Crippen molar-refractivity contribution in [2.75, 3.05) is 0 Å². The monoisotopic (exact) mass is 160 g/mol. The minimum absolute atomic E-state index is 0.408. The quantitative estimate of drug-likeness (QED) is 0.578. The second kappa shape index (κ2) is 2.77. The summed E-state index contributed by atoms with van der Waals surface area (Å²) in [6.07, 6.45) is 1.37. The molecule has 0 atom stereocenters. The predicted molar refractivity (Wildman–Crippen MR) is 43.4 cm³/mol. The molecule has 1 aromatic carbocycles. The molecule has 1 radical (unpaired) electrons. The van der Waals surface area contributed by atoms with Crippen LogP contribution in [-0.2, 0) is 9.63 Å². The van der Waals surface area contributed by atoms with E-state index in [2.05, 4.69) is 9.99 Å². The SMILES string of the molecule is O=C1[CH]C(c2ccccc2)=NO1. The Hall–Kier alpha value is -1.64. The molecule has 0 amide bonds. The highest BCUT2D eigenvalue weighted by Gasteiger charge is 2.18. The third-order valence-corrected chi connectivity index (χ3v) is 1.56. The first kappa shape index (κ1) is 7.03. The number of benzene rings is 1. The Balaban J connectivity index is 2.28. The van der Waals surface area contributed by atoms with E-state index in [1.54, 1.807) is 0 Å². The molecule has 1 aliphatic heterocycles. The minimum Gasteiger partial charge on any atom is -0.317 e. The number of rotatable bonds is 1. The van der Waals surface area contributed by atoms with E-state index in [4.69, 9.17) is 0 Å². The Labute approximate surface area is 69.6 Å². The summed E-state index contributed by atoms with van der Waals surface area (Å²) in [5.41, 5.74) is 1.48. The first-order valence-electron chi connectivity index (χ1n) is 3.55. The lowest BCUT2D eigenvalue weighted by Gasteiger charge is -1.93. The normalized spacial score (nSPS) is 15.7. The summed E-state index contributed by atoms with van der Waals surface area (Å²) in [5.74, 6) is -0.408. The Morgan fingerprint density at radius 3 is 2.50 bits per heavy atom. The molecule has 1 heterocycles. The van der Waals surface area contributed by atoms with Gasteiger partial charge in [0.15, 0.2) is 0 Å². The third kappa shape index (κ3) is 1.21. The fourth-order valence-corrected chi connectivity index (χ4v) is 1.00. The first-order valence-corrected chi connectivity index (χ1v) is 3.55. The highest BCUT2D eigenvalue weighted by atomic mass is 16.7. The molecular formula is C9H6NO2. The van der Waals surface area contributed by atoms with Gasteiger partial charge in [-0.25, -0.2) is 4.79 Å². The molecule has 0 unspecified atom stereocenters. The average Bonchev–Trinajstić information content (AvgIpc) is 2.54. The Bertz CT molecular complexity index is 330. The molecule has 0 saturated heterocycles. The van der Waals surface area contributed by atoms with Crippen LogP contribution in [0, 0.1) is 6.42 Å². The van der Waals surface area contributed by atoms with Crippen LogP contribution in [0.1, 0.15) is 5.56 Å². The van der Waals surface area contributed by atoms with E-state index in [1.165, 1.54) is 6.42 Å². The van der Waals surface area contributed by atoms with Gasteiger partial charge in [0.1, 0.15) is 12.1 Å². The zero-order valence-electron chi connectivity index (χ0n) is 6.23. The van der Waals surface area contributed by atoms with E-state index in [0.717, 1.165) is 5.56 Å². The van der Waals surface area contributed by atoms with Gasteiger partial charge in [-0.15, -0.1) is 0 Å². The number of carbonyl (C=O) groups excluding carboxylic acids is 1. The smallest absolute Gasteiger partial charge is 0.317 e. The van der Waals surface area contributed by atoms with Crippen molar-refractivity contribution >= 4 is 11.7 Å². The minimum atomic E-state index is -0.408. The van der Waals surface area contributed by atoms with Crippen LogP contribution >= 0.6 is 0 Å². The summed E-state index contributed by atoms with van der Waals surface area (Å²) in [7, 11) is 0. The summed E-state index contributed by atoms with van der Waals surface area (Å²) in [6, 6.07) is 9.42. The topological polar surface area (TPSA) is 38.7 Å². The molecule has 1 aliphatic rings. The summed E-state index contributed by atoms with van der Waals surface area (Å²) < 4.78 is 0. The molecule has 0 aliphatic carbocycles. The summed E-state index contributed by atoms with van der Waals surface area (Å²) >= 11 is 0. The highest BCUT2D eigenvalue weighted by Crippen LogP contribution is 2.09. The molecule has 59 valence electrons. The van der Waals surface area contributed by atoms with E-state index in [9.17, 15) is 4.79 Å². The largest absolute Gasteiger partial charge is 0.345 e. The van der Waals surface area contributed by atoms with Gasteiger partial charge < -0.3 is 4.84 Å².